The van der Waals surface area contributed by atoms with Crippen LogP contribution in [-0.4, -0.2) is 63.7 Å². The van der Waals surface area contributed by atoms with Gasteiger partial charge in [0.05, 0.1) is 25.0 Å². The molecular formula is C29H36FN5O6. The van der Waals surface area contributed by atoms with Crippen molar-refractivity contribution < 1.29 is 32.9 Å². The zero-order valence-electron chi connectivity index (χ0n) is 24.0. The fraction of sp³-hybridized carbons (Fsp3) is 0.517. The van der Waals surface area contributed by atoms with Gasteiger partial charge in [-0.2, -0.15) is 5.10 Å². The van der Waals surface area contributed by atoms with Gasteiger partial charge in [0.2, 0.25) is 0 Å². The number of alkyl carbamates (subject to hydrolysis) is 1. The summed E-state index contributed by atoms with van der Waals surface area (Å²) in [7, 11) is 0. The van der Waals surface area contributed by atoms with E-state index in [2.05, 4.69) is 10.4 Å². The smallest absolute Gasteiger partial charge is 0.407 e. The van der Waals surface area contributed by atoms with Crippen molar-refractivity contribution in [1.29, 1.82) is 0 Å². The summed E-state index contributed by atoms with van der Waals surface area (Å²) in [5.41, 5.74) is 0.665. The lowest BCUT2D eigenvalue weighted by atomic mass is 10.1. The molecule has 1 aliphatic carbocycles. The van der Waals surface area contributed by atoms with Gasteiger partial charge in [0.25, 0.3) is 0 Å². The third-order valence-corrected chi connectivity index (χ3v) is 6.98. The molecule has 0 bridgehead atoms. The zero-order valence-corrected chi connectivity index (χ0v) is 24.0. The number of anilines is 1. The average Bonchev–Trinajstić information content (AvgIpc) is 3.51. The van der Waals surface area contributed by atoms with Crippen LogP contribution >= 0.6 is 0 Å². The molecule has 0 spiro atoms. The number of esters is 1. The van der Waals surface area contributed by atoms with Crippen LogP contribution < -0.4 is 19.7 Å². The molecule has 1 fully saturated rings. The fourth-order valence-corrected chi connectivity index (χ4v) is 5.09. The lowest BCUT2D eigenvalue weighted by Crippen LogP contribution is -2.41. The van der Waals surface area contributed by atoms with Gasteiger partial charge in [-0.05, 0) is 65.7 Å². The molecular weight excluding hydrogens is 533 g/mol. The quantitative estimate of drug-likeness (QED) is 0.406. The second-order valence-electron chi connectivity index (χ2n) is 11.4. The van der Waals surface area contributed by atoms with Crippen molar-refractivity contribution in [3.63, 3.8) is 0 Å². The monoisotopic (exact) mass is 569 g/mol. The van der Waals surface area contributed by atoms with E-state index >= 15 is 0 Å². The van der Waals surface area contributed by atoms with Gasteiger partial charge in [0.1, 0.15) is 35.4 Å². The lowest BCUT2D eigenvalue weighted by molar-refractivity contribution is 0.0498. The van der Waals surface area contributed by atoms with Crippen molar-refractivity contribution in [2.24, 2.45) is 0 Å². The Morgan fingerprint density at radius 3 is 2.80 bits per heavy atom. The van der Waals surface area contributed by atoms with Crippen LogP contribution in [0.2, 0.25) is 0 Å². The minimum absolute atomic E-state index is 0.0688. The zero-order chi connectivity index (χ0) is 29.3. The molecule has 1 amide bonds. The Bertz CT molecular complexity index is 1440. The summed E-state index contributed by atoms with van der Waals surface area (Å²) in [5, 5.41) is 7.15. The molecule has 1 saturated carbocycles. The molecule has 12 heteroatoms. The molecule has 1 aromatic carbocycles. The molecule has 5 rings (SSSR count). The number of nitrogens with zero attached hydrogens (tertiary/aromatic N) is 4. The summed E-state index contributed by atoms with van der Waals surface area (Å²) in [6.45, 7) is 10.1. The molecule has 0 radical (unpaired) electrons. The van der Waals surface area contributed by atoms with Crippen molar-refractivity contribution in [2.75, 3.05) is 18.1 Å². The summed E-state index contributed by atoms with van der Waals surface area (Å²) >= 11 is 0. The maximum atomic E-state index is 14.5. The van der Waals surface area contributed by atoms with Gasteiger partial charge in [0, 0.05) is 24.6 Å². The fourth-order valence-electron chi connectivity index (χ4n) is 5.09. The number of benzene rings is 1. The van der Waals surface area contributed by atoms with Crippen LogP contribution in [0, 0.1) is 5.82 Å². The van der Waals surface area contributed by atoms with Crippen molar-refractivity contribution >= 4 is 23.5 Å². The van der Waals surface area contributed by atoms with Crippen molar-refractivity contribution in [2.45, 2.75) is 84.2 Å². The highest BCUT2D eigenvalue weighted by atomic mass is 19.1. The number of fused-ring (bicyclic) bond motifs is 2. The minimum Gasteiger partial charge on any atom is -0.490 e. The molecule has 3 aromatic rings. The standard InChI is InChI=1S/C29H36FN5O6/c1-6-38-27(36)22-13-31-35-15-24-26(33-25(22)35)34(17(2)16-39-24)14-18-11-19(30)7-10-23(18)40-21-9-8-20(12-21)32-28(37)41-29(3,4)5/h7,10-11,13,15,17,20-21H,6,8-9,12,14,16H2,1-5H3,(H,32,37)/t17-,20+,21-/m1/s1. The maximum Gasteiger partial charge on any atom is 0.407 e. The normalized spacial score (nSPS) is 20.3. The third kappa shape index (κ3) is 6.47. The Labute approximate surface area is 237 Å². The number of carbonyl (C=O) groups excluding carboxylic acids is 2. The van der Waals surface area contributed by atoms with Crippen molar-refractivity contribution in [1.82, 2.24) is 19.9 Å². The summed E-state index contributed by atoms with van der Waals surface area (Å²) in [5.74, 6) is 0.684. The largest absolute Gasteiger partial charge is 0.490 e. The van der Waals surface area contributed by atoms with Crippen LogP contribution in [0.4, 0.5) is 15.0 Å². The van der Waals surface area contributed by atoms with Crippen molar-refractivity contribution in [3.05, 3.63) is 47.5 Å². The van der Waals surface area contributed by atoms with Crippen LogP contribution in [0.25, 0.3) is 5.65 Å². The van der Waals surface area contributed by atoms with E-state index in [1.54, 1.807) is 19.2 Å². The van der Waals surface area contributed by atoms with E-state index in [1.165, 1.54) is 22.8 Å². The summed E-state index contributed by atoms with van der Waals surface area (Å²) in [6.07, 6.45) is 4.61. The van der Waals surface area contributed by atoms with Crippen LogP contribution in [0.5, 0.6) is 11.5 Å². The predicted octanol–water partition coefficient (Wildman–Crippen LogP) is 4.66. The lowest BCUT2D eigenvalue weighted by Gasteiger charge is -2.36. The number of hydrogen-bond donors (Lipinski definition) is 1. The van der Waals surface area contributed by atoms with E-state index in [9.17, 15) is 14.0 Å². The van der Waals surface area contributed by atoms with Gasteiger partial charge >= 0.3 is 12.1 Å². The van der Waals surface area contributed by atoms with E-state index in [1.807, 2.05) is 32.6 Å². The number of amides is 1. The van der Waals surface area contributed by atoms with E-state index in [4.69, 9.17) is 23.9 Å². The number of carbonyl (C=O) groups is 2. The first kappa shape index (κ1) is 28.4. The summed E-state index contributed by atoms with van der Waals surface area (Å²) in [4.78, 5) is 31.4. The second-order valence-corrected chi connectivity index (χ2v) is 11.4. The minimum atomic E-state index is -0.574. The van der Waals surface area contributed by atoms with Crippen LogP contribution in [-0.2, 0) is 16.0 Å². The topological polar surface area (TPSA) is 117 Å². The molecule has 1 N–H and O–H groups in total. The SMILES string of the molecule is CCOC(=O)c1cnn2cc3c(nc12)N(Cc1cc(F)ccc1O[C@@H]1CC[C@H](NC(=O)OC(C)(C)C)C1)[C@H](C)CO3. The number of aromatic nitrogens is 3. The molecule has 220 valence electrons. The van der Waals surface area contributed by atoms with Crippen LogP contribution in [0.15, 0.2) is 30.6 Å². The first-order chi connectivity index (χ1) is 19.5. The number of nitrogens with one attached hydrogen (secondary N) is 1. The predicted molar refractivity (Wildman–Crippen MR) is 148 cm³/mol. The molecule has 41 heavy (non-hydrogen) atoms. The Morgan fingerprint density at radius 1 is 1.24 bits per heavy atom. The average molecular weight is 570 g/mol. The first-order valence-corrected chi connectivity index (χ1v) is 13.9. The van der Waals surface area contributed by atoms with Gasteiger partial charge in [-0.1, -0.05) is 0 Å². The van der Waals surface area contributed by atoms with Gasteiger partial charge in [-0.25, -0.2) is 23.5 Å². The van der Waals surface area contributed by atoms with Crippen molar-refractivity contribution in [3.8, 4) is 11.5 Å². The molecule has 1 aliphatic heterocycles. The Morgan fingerprint density at radius 2 is 2.05 bits per heavy atom. The summed E-state index contributed by atoms with van der Waals surface area (Å²) < 4.78 is 38.8. The Kier molecular flexibility index (Phi) is 7.92. The van der Waals surface area contributed by atoms with E-state index < -0.39 is 17.7 Å². The highest BCUT2D eigenvalue weighted by molar-refractivity contribution is 5.96. The van der Waals surface area contributed by atoms with E-state index in [0.29, 0.717) is 48.1 Å². The molecule has 2 aliphatic rings. The number of ether oxygens (including phenoxy) is 4. The Hall–Kier alpha value is -4.09. The molecule has 11 nitrogen and oxygen atoms in total. The summed E-state index contributed by atoms with van der Waals surface area (Å²) in [6, 6.07) is 4.31. The van der Waals surface area contributed by atoms with Gasteiger partial charge in [-0.15, -0.1) is 0 Å². The molecule has 2 aromatic heterocycles. The molecule has 3 atom stereocenters. The number of hydrogen-bond acceptors (Lipinski definition) is 9. The second kappa shape index (κ2) is 11.4. The number of halogens is 1. The van der Waals surface area contributed by atoms with Crippen LogP contribution in [0.3, 0.4) is 0 Å². The highest BCUT2D eigenvalue weighted by Gasteiger charge is 2.32. The van der Waals surface area contributed by atoms with Crippen LogP contribution in [0.1, 0.15) is 69.8 Å². The van der Waals surface area contributed by atoms with Gasteiger partial charge in [0.15, 0.2) is 17.2 Å². The van der Waals surface area contributed by atoms with Gasteiger partial charge < -0.3 is 29.2 Å². The Balaban J connectivity index is 1.35. The molecule has 0 saturated heterocycles. The highest BCUT2D eigenvalue weighted by Crippen LogP contribution is 2.36. The third-order valence-electron chi connectivity index (χ3n) is 6.98. The van der Waals surface area contributed by atoms with E-state index in [0.717, 1.165) is 12.8 Å². The van der Waals surface area contributed by atoms with E-state index in [-0.39, 0.29) is 36.2 Å². The number of rotatable bonds is 7. The van der Waals surface area contributed by atoms with Gasteiger partial charge in [-0.3, -0.25) is 0 Å². The maximum absolute atomic E-state index is 14.5. The molecule has 0 unspecified atom stereocenters. The molecule has 3 heterocycles. The first-order valence-electron chi connectivity index (χ1n) is 13.9.